The topological polar surface area (TPSA) is 54.3 Å². The van der Waals surface area contributed by atoms with E-state index in [1.54, 1.807) is 6.07 Å². The van der Waals surface area contributed by atoms with Crippen LogP contribution in [-0.2, 0) is 0 Å². The van der Waals surface area contributed by atoms with Crippen molar-refractivity contribution in [1.82, 2.24) is 9.88 Å². The summed E-state index contributed by atoms with van der Waals surface area (Å²) >= 11 is 0. The van der Waals surface area contributed by atoms with Crippen LogP contribution in [0.25, 0.3) is 5.69 Å². The first kappa shape index (κ1) is 14.3. The first-order valence-electron chi connectivity index (χ1n) is 6.75. The number of benzene rings is 1. The summed E-state index contributed by atoms with van der Waals surface area (Å²) in [6.45, 7) is 3.69. The number of aliphatic hydroxyl groups is 1. The van der Waals surface area contributed by atoms with Crippen molar-refractivity contribution in [3.63, 3.8) is 0 Å². The molecule has 1 heterocycles. The second-order valence-corrected chi connectivity index (χ2v) is 5.17. The largest absolute Gasteiger partial charge is 0.394 e. The minimum Gasteiger partial charge on any atom is -0.394 e. The number of carbonyl (C=O) groups excluding carboxylic acids is 1. The Bertz CT molecular complexity index is 572. The first-order valence-corrected chi connectivity index (χ1v) is 6.75. The number of hydrogen-bond acceptors (Lipinski definition) is 2. The van der Waals surface area contributed by atoms with Crippen molar-refractivity contribution in [1.29, 1.82) is 0 Å². The summed E-state index contributed by atoms with van der Waals surface area (Å²) in [6.07, 6.45) is 4.54. The molecule has 0 aliphatic heterocycles. The van der Waals surface area contributed by atoms with Crippen LogP contribution in [0.4, 0.5) is 0 Å². The molecule has 0 radical (unpaired) electrons. The van der Waals surface area contributed by atoms with E-state index in [4.69, 9.17) is 0 Å². The molecule has 106 valence electrons. The van der Waals surface area contributed by atoms with Crippen LogP contribution < -0.4 is 5.32 Å². The maximum Gasteiger partial charge on any atom is 0.251 e. The molecule has 1 amide bonds. The summed E-state index contributed by atoms with van der Waals surface area (Å²) in [7, 11) is 0. The monoisotopic (exact) mass is 272 g/mol. The predicted molar refractivity (Wildman–Crippen MR) is 79.0 cm³/mol. The van der Waals surface area contributed by atoms with E-state index in [0.29, 0.717) is 12.0 Å². The fraction of sp³-hybridized carbons (Fsp3) is 0.312. The summed E-state index contributed by atoms with van der Waals surface area (Å²) in [5.41, 5.74) is 0.940. The van der Waals surface area contributed by atoms with Crippen molar-refractivity contribution in [3.8, 4) is 5.69 Å². The van der Waals surface area contributed by atoms with E-state index in [1.807, 2.05) is 61.1 Å². The van der Waals surface area contributed by atoms with Gasteiger partial charge in [-0.15, -0.1) is 0 Å². The van der Waals surface area contributed by atoms with Crippen LogP contribution in [0.2, 0.25) is 0 Å². The van der Waals surface area contributed by atoms with Gasteiger partial charge in [0.25, 0.3) is 5.91 Å². The summed E-state index contributed by atoms with van der Waals surface area (Å²) in [4.78, 5) is 12.3. The number of rotatable bonds is 5. The Hall–Kier alpha value is -2.07. The lowest BCUT2D eigenvalue weighted by Gasteiger charge is -2.27. The van der Waals surface area contributed by atoms with Gasteiger partial charge in [0.2, 0.25) is 0 Å². The van der Waals surface area contributed by atoms with Crippen LogP contribution in [0, 0.1) is 0 Å². The number of nitrogens with one attached hydrogen (secondary N) is 1. The zero-order valence-electron chi connectivity index (χ0n) is 11.8. The Balaban J connectivity index is 2.21. The second-order valence-electron chi connectivity index (χ2n) is 5.17. The molecule has 0 spiro atoms. The Morgan fingerprint density at radius 3 is 2.60 bits per heavy atom. The van der Waals surface area contributed by atoms with E-state index in [2.05, 4.69) is 5.32 Å². The van der Waals surface area contributed by atoms with Gasteiger partial charge in [-0.1, -0.05) is 13.0 Å². The molecule has 4 nitrogen and oxygen atoms in total. The Morgan fingerprint density at radius 1 is 1.30 bits per heavy atom. The van der Waals surface area contributed by atoms with Crippen molar-refractivity contribution < 1.29 is 9.90 Å². The van der Waals surface area contributed by atoms with Gasteiger partial charge in [0.1, 0.15) is 0 Å². The van der Waals surface area contributed by atoms with E-state index in [9.17, 15) is 9.90 Å². The standard InChI is InChI=1S/C16H20N2O2/c1-3-16(2,12-19)17-15(20)13-7-6-8-14(11-13)18-9-4-5-10-18/h4-11,19H,3,12H2,1-2H3,(H,17,20). The highest BCUT2D eigenvalue weighted by Crippen LogP contribution is 2.13. The number of nitrogens with zero attached hydrogens (tertiary/aromatic N) is 1. The molecule has 0 aliphatic carbocycles. The molecule has 0 fully saturated rings. The Morgan fingerprint density at radius 2 is 2.00 bits per heavy atom. The quantitative estimate of drug-likeness (QED) is 0.878. The molecule has 20 heavy (non-hydrogen) atoms. The number of aliphatic hydroxyl groups excluding tert-OH is 1. The molecule has 0 saturated heterocycles. The number of carbonyl (C=O) groups is 1. The number of hydrogen-bond donors (Lipinski definition) is 2. The molecule has 0 saturated carbocycles. The zero-order chi connectivity index (χ0) is 14.6. The Labute approximate surface area is 119 Å². The number of aromatic nitrogens is 1. The van der Waals surface area contributed by atoms with Gasteiger partial charge in [-0.3, -0.25) is 4.79 Å². The zero-order valence-corrected chi connectivity index (χ0v) is 11.8. The van der Waals surface area contributed by atoms with Gasteiger partial charge in [0.15, 0.2) is 0 Å². The molecular formula is C16H20N2O2. The van der Waals surface area contributed by atoms with Crippen LogP contribution in [0.1, 0.15) is 30.6 Å². The second kappa shape index (κ2) is 5.92. The van der Waals surface area contributed by atoms with Gasteiger partial charge in [-0.25, -0.2) is 0 Å². The van der Waals surface area contributed by atoms with Crippen LogP contribution in [0.5, 0.6) is 0 Å². The maximum absolute atomic E-state index is 12.3. The summed E-state index contributed by atoms with van der Waals surface area (Å²) in [5.74, 6) is -0.169. The van der Waals surface area contributed by atoms with Crippen molar-refractivity contribution in [2.75, 3.05) is 6.61 Å². The lowest BCUT2D eigenvalue weighted by molar-refractivity contribution is 0.0847. The van der Waals surface area contributed by atoms with Gasteiger partial charge in [0.05, 0.1) is 12.1 Å². The van der Waals surface area contributed by atoms with E-state index in [-0.39, 0.29) is 12.5 Å². The lowest BCUT2D eigenvalue weighted by atomic mass is 9.99. The minimum absolute atomic E-state index is 0.0769. The van der Waals surface area contributed by atoms with Crippen molar-refractivity contribution in [2.45, 2.75) is 25.8 Å². The maximum atomic E-state index is 12.3. The third-order valence-corrected chi connectivity index (χ3v) is 3.56. The Kier molecular flexibility index (Phi) is 4.25. The van der Waals surface area contributed by atoms with Gasteiger partial charge in [-0.2, -0.15) is 0 Å². The van der Waals surface area contributed by atoms with Gasteiger partial charge in [-0.05, 0) is 43.7 Å². The van der Waals surface area contributed by atoms with E-state index < -0.39 is 5.54 Å². The predicted octanol–water partition coefficient (Wildman–Crippen LogP) is 2.37. The van der Waals surface area contributed by atoms with E-state index in [0.717, 1.165) is 5.69 Å². The van der Waals surface area contributed by atoms with Crippen LogP contribution in [0.3, 0.4) is 0 Å². The molecule has 1 aromatic heterocycles. The molecule has 1 atom stereocenters. The fourth-order valence-corrected chi connectivity index (χ4v) is 1.90. The molecule has 2 N–H and O–H groups in total. The smallest absolute Gasteiger partial charge is 0.251 e. The van der Waals surface area contributed by atoms with E-state index >= 15 is 0 Å². The highest BCUT2D eigenvalue weighted by atomic mass is 16.3. The van der Waals surface area contributed by atoms with Crippen molar-refractivity contribution >= 4 is 5.91 Å². The van der Waals surface area contributed by atoms with Crippen LogP contribution in [-0.4, -0.2) is 27.7 Å². The van der Waals surface area contributed by atoms with Gasteiger partial charge in [0, 0.05) is 23.6 Å². The van der Waals surface area contributed by atoms with Crippen molar-refractivity contribution in [2.24, 2.45) is 0 Å². The normalized spacial score (nSPS) is 13.8. The summed E-state index contributed by atoms with van der Waals surface area (Å²) < 4.78 is 1.95. The molecular weight excluding hydrogens is 252 g/mol. The summed E-state index contributed by atoms with van der Waals surface area (Å²) in [5, 5.41) is 12.3. The molecule has 1 unspecified atom stereocenters. The first-order chi connectivity index (χ1) is 9.58. The molecule has 2 rings (SSSR count). The van der Waals surface area contributed by atoms with E-state index in [1.165, 1.54) is 0 Å². The molecule has 1 aromatic carbocycles. The summed E-state index contributed by atoms with van der Waals surface area (Å²) in [6, 6.07) is 11.3. The molecule has 0 bridgehead atoms. The average Bonchev–Trinajstić information content (AvgIpc) is 3.01. The third kappa shape index (κ3) is 3.08. The number of amides is 1. The minimum atomic E-state index is -0.583. The fourth-order valence-electron chi connectivity index (χ4n) is 1.90. The molecule has 4 heteroatoms. The molecule has 2 aromatic rings. The van der Waals surface area contributed by atoms with Crippen molar-refractivity contribution in [3.05, 3.63) is 54.4 Å². The van der Waals surface area contributed by atoms with Crippen LogP contribution in [0.15, 0.2) is 48.8 Å². The lowest BCUT2D eigenvalue weighted by Crippen LogP contribution is -2.48. The third-order valence-electron chi connectivity index (χ3n) is 3.56. The van der Waals surface area contributed by atoms with Gasteiger partial charge >= 0.3 is 0 Å². The SMILES string of the molecule is CCC(C)(CO)NC(=O)c1cccc(-n2cccc2)c1. The van der Waals surface area contributed by atoms with Gasteiger partial charge < -0.3 is 15.0 Å². The average molecular weight is 272 g/mol. The highest BCUT2D eigenvalue weighted by Gasteiger charge is 2.23. The molecule has 0 aliphatic rings. The van der Waals surface area contributed by atoms with Crippen LogP contribution >= 0.6 is 0 Å². The highest BCUT2D eigenvalue weighted by molar-refractivity contribution is 5.95.